The zero-order valence-corrected chi connectivity index (χ0v) is 14.3. The molecule has 138 valence electrons. The molecule has 4 aromatic rings. The third-order valence-corrected chi connectivity index (χ3v) is 4.17. The first-order valence-corrected chi connectivity index (χ1v) is 8.25. The fourth-order valence-electron chi connectivity index (χ4n) is 2.85. The van der Waals surface area contributed by atoms with Gasteiger partial charge in [-0.05, 0) is 18.2 Å². The van der Waals surface area contributed by atoms with Crippen molar-refractivity contribution in [3.05, 3.63) is 88.6 Å². The molecule has 0 aliphatic carbocycles. The average molecular weight is 378 g/mol. The number of benzene rings is 2. The summed E-state index contributed by atoms with van der Waals surface area (Å²) in [6.45, 7) is 0. The normalized spacial score (nSPS) is 10.8. The predicted molar refractivity (Wildman–Crippen MR) is 99.3 cm³/mol. The molecule has 0 saturated carbocycles. The van der Waals surface area contributed by atoms with E-state index in [4.69, 9.17) is 0 Å². The Kier molecular flexibility index (Phi) is 4.36. The summed E-state index contributed by atoms with van der Waals surface area (Å²) < 4.78 is 28.5. The van der Waals surface area contributed by atoms with E-state index in [-0.39, 0.29) is 17.1 Å². The summed E-state index contributed by atoms with van der Waals surface area (Å²) in [7, 11) is 0. The van der Waals surface area contributed by atoms with Crippen molar-refractivity contribution in [2.75, 3.05) is 0 Å². The molecule has 2 aromatic heterocycles. The van der Waals surface area contributed by atoms with Crippen LogP contribution >= 0.6 is 0 Å². The monoisotopic (exact) mass is 378 g/mol. The molecular weight excluding hydrogens is 366 g/mol. The van der Waals surface area contributed by atoms with Crippen molar-refractivity contribution < 1.29 is 13.7 Å². The van der Waals surface area contributed by atoms with Crippen molar-refractivity contribution in [1.82, 2.24) is 15.0 Å². The van der Waals surface area contributed by atoms with Gasteiger partial charge in [0.25, 0.3) is 5.69 Å². The number of imidazole rings is 1. The second kappa shape index (κ2) is 6.99. The molecule has 6 nitrogen and oxygen atoms in total. The number of nitrogens with zero attached hydrogens (tertiary/aromatic N) is 3. The Bertz CT molecular complexity index is 1140. The summed E-state index contributed by atoms with van der Waals surface area (Å²) in [6, 6.07) is 15.4. The Labute approximate surface area is 157 Å². The molecule has 2 aromatic carbocycles. The highest BCUT2D eigenvalue weighted by molar-refractivity contribution is 5.80. The average Bonchev–Trinajstić information content (AvgIpc) is 3.13. The van der Waals surface area contributed by atoms with Gasteiger partial charge in [-0.2, -0.15) is 0 Å². The van der Waals surface area contributed by atoms with Crippen molar-refractivity contribution in [2.45, 2.75) is 0 Å². The molecule has 0 aliphatic heterocycles. The molecule has 0 saturated heterocycles. The Morgan fingerprint density at radius 3 is 2.25 bits per heavy atom. The third-order valence-electron chi connectivity index (χ3n) is 4.17. The first-order valence-electron chi connectivity index (χ1n) is 8.25. The largest absolute Gasteiger partial charge is 0.336 e. The molecule has 0 fully saturated rings. The van der Waals surface area contributed by atoms with Crippen LogP contribution in [0.25, 0.3) is 34.0 Å². The van der Waals surface area contributed by atoms with E-state index in [9.17, 15) is 18.9 Å². The van der Waals surface area contributed by atoms with E-state index in [0.717, 1.165) is 18.3 Å². The number of aromatic amines is 1. The van der Waals surface area contributed by atoms with Gasteiger partial charge in [0.15, 0.2) is 0 Å². The molecule has 0 unspecified atom stereocenters. The number of nitro groups is 1. The summed E-state index contributed by atoms with van der Waals surface area (Å²) >= 11 is 0. The van der Waals surface area contributed by atoms with Gasteiger partial charge >= 0.3 is 0 Å². The lowest BCUT2D eigenvalue weighted by Gasteiger charge is -2.02. The second-order valence-corrected chi connectivity index (χ2v) is 5.93. The molecule has 0 amide bonds. The van der Waals surface area contributed by atoms with Gasteiger partial charge < -0.3 is 4.98 Å². The number of nitrogens with one attached hydrogen (secondary N) is 1. The minimum absolute atomic E-state index is 0.00426. The molecule has 28 heavy (non-hydrogen) atoms. The maximum absolute atomic E-state index is 14.2. The standard InChI is InChI=1S/C20H12F2N4O2/c21-14-7-4-8-15(22)17(14)20-24-18(12-5-2-1-3-6-12)19(25-20)16-10-9-13(11-23-16)26(27)28/h1-11H,(H,24,25). The van der Waals surface area contributed by atoms with Crippen molar-refractivity contribution >= 4 is 5.69 Å². The molecule has 0 atom stereocenters. The number of hydrogen-bond donors (Lipinski definition) is 1. The van der Waals surface area contributed by atoms with Gasteiger partial charge in [-0.15, -0.1) is 0 Å². The minimum atomic E-state index is -0.753. The van der Waals surface area contributed by atoms with Crippen LogP contribution in [0.1, 0.15) is 0 Å². The van der Waals surface area contributed by atoms with Crippen LogP contribution in [0, 0.1) is 21.7 Å². The molecule has 0 bridgehead atoms. The molecule has 8 heteroatoms. The highest BCUT2D eigenvalue weighted by Crippen LogP contribution is 2.34. The smallest absolute Gasteiger partial charge is 0.287 e. The summed E-state index contributed by atoms with van der Waals surface area (Å²) in [5.74, 6) is -1.50. The molecule has 0 spiro atoms. The molecular formula is C20H12F2N4O2. The van der Waals surface area contributed by atoms with Crippen LogP contribution < -0.4 is 0 Å². The summed E-state index contributed by atoms with van der Waals surface area (Å²) in [6.07, 6.45) is 1.12. The van der Waals surface area contributed by atoms with Gasteiger partial charge in [0, 0.05) is 11.6 Å². The highest BCUT2D eigenvalue weighted by atomic mass is 19.1. The van der Waals surface area contributed by atoms with Gasteiger partial charge in [0.1, 0.15) is 23.7 Å². The van der Waals surface area contributed by atoms with Gasteiger partial charge in [-0.3, -0.25) is 10.1 Å². The van der Waals surface area contributed by atoms with Gasteiger partial charge in [-0.25, -0.2) is 18.7 Å². The second-order valence-electron chi connectivity index (χ2n) is 5.93. The van der Waals surface area contributed by atoms with E-state index < -0.39 is 16.6 Å². The zero-order valence-electron chi connectivity index (χ0n) is 14.3. The van der Waals surface area contributed by atoms with Crippen LogP contribution in [0.15, 0.2) is 66.9 Å². The van der Waals surface area contributed by atoms with Crippen LogP contribution in [0.4, 0.5) is 14.5 Å². The summed E-state index contributed by atoms with van der Waals surface area (Å²) in [5, 5.41) is 10.9. The van der Waals surface area contributed by atoms with E-state index in [2.05, 4.69) is 15.0 Å². The topological polar surface area (TPSA) is 84.7 Å². The Hall–Kier alpha value is -3.94. The fourth-order valence-corrected chi connectivity index (χ4v) is 2.85. The Morgan fingerprint density at radius 2 is 1.64 bits per heavy atom. The van der Waals surface area contributed by atoms with Crippen molar-refractivity contribution in [1.29, 1.82) is 0 Å². The number of aromatic nitrogens is 3. The number of hydrogen-bond acceptors (Lipinski definition) is 4. The van der Waals surface area contributed by atoms with Crippen LogP contribution in [0.2, 0.25) is 0 Å². The quantitative estimate of drug-likeness (QED) is 0.400. The van der Waals surface area contributed by atoms with E-state index in [0.29, 0.717) is 22.6 Å². The van der Waals surface area contributed by atoms with Crippen LogP contribution in [-0.2, 0) is 0 Å². The lowest BCUT2D eigenvalue weighted by Crippen LogP contribution is -1.92. The maximum Gasteiger partial charge on any atom is 0.287 e. The number of H-pyrrole nitrogens is 1. The van der Waals surface area contributed by atoms with Gasteiger partial charge in [0.05, 0.1) is 27.6 Å². The van der Waals surface area contributed by atoms with Crippen LogP contribution in [0.3, 0.4) is 0 Å². The lowest BCUT2D eigenvalue weighted by atomic mass is 10.1. The van der Waals surface area contributed by atoms with Crippen molar-refractivity contribution in [3.8, 4) is 34.0 Å². The summed E-state index contributed by atoms with van der Waals surface area (Å²) in [4.78, 5) is 21.7. The first kappa shape index (κ1) is 17.5. The maximum atomic E-state index is 14.2. The number of rotatable bonds is 4. The van der Waals surface area contributed by atoms with Gasteiger partial charge in [-0.1, -0.05) is 36.4 Å². The third kappa shape index (κ3) is 3.11. The molecule has 2 heterocycles. The SMILES string of the molecule is O=[N+]([O-])c1ccc(-c2[nH]c(-c3c(F)cccc3F)nc2-c2ccccc2)nc1. The molecule has 1 N–H and O–H groups in total. The number of halogens is 2. The zero-order chi connectivity index (χ0) is 19.7. The first-order chi connectivity index (χ1) is 13.5. The predicted octanol–water partition coefficient (Wildman–Crippen LogP) is 4.99. The van der Waals surface area contributed by atoms with E-state index in [1.54, 1.807) is 24.3 Å². The summed E-state index contributed by atoms with van der Waals surface area (Å²) in [5.41, 5.74) is 1.45. The highest BCUT2D eigenvalue weighted by Gasteiger charge is 2.21. The van der Waals surface area contributed by atoms with E-state index in [1.807, 2.05) is 6.07 Å². The van der Waals surface area contributed by atoms with Crippen LogP contribution in [-0.4, -0.2) is 19.9 Å². The van der Waals surface area contributed by atoms with Gasteiger partial charge in [0.2, 0.25) is 0 Å². The molecule has 0 aliphatic rings. The van der Waals surface area contributed by atoms with Crippen molar-refractivity contribution in [2.24, 2.45) is 0 Å². The fraction of sp³-hybridized carbons (Fsp3) is 0. The van der Waals surface area contributed by atoms with Crippen molar-refractivity contribution in [3.63, 3.8) is 0 Å². The van der Waals surface area contributed by atoms with E-state index in [1.165, 1.54) is 18.2 Å². The Balaban J connectivity index is 1.92. The van der Waals surface area contributed by atoms with E-state index >= 15 is 0 Å². The Morgan fingerprint density at radius 1 is 0.929 bits per heavy atom. The number of pyridine rings is 1. The molecule has 4 rings (SSSR count). The minimum Gasteiger partial charge on any atom is -0.336 e. The lowest BCUT2D eigenvalue weighted by molar-refractivity contribution is -0.385. The molecule has 0 radical (unpaired) electrons. The van der Waals surface area contributed by atoms with Crippen LogP contribution in [0.5, 0.6) is 0 Å².